The molecule has 3 aliphatic rings. The molecule has 0 aliphatic carbocycles. The van der Waals surface area contributed by atoms with Crippen LogP contribution in [0.2, 0.25) is 0 Å². The number of phenols is 3. The van der Waals surface area contributed by atoms with Gasteiger partial charge in [-0.3, -0.25) is 39.8 Å². The van der Waals surface area contributed by atoms with Crippen LogP contribution in [0.4, 0.5) is 0 Å². The summed E-state index contributed by atoms with van der Waals surface area (Å²) in [6.07, 6.45) is 9.89. The van der Waals surface area contributed by atoms with Gasteiger partial charge in [-0.15, -0.1) is 30.3 Å². The minimum absolute atomic E-state index is 0. The molecule has 31 nitrogen and oxygen atoms in total. The maximum absolute atomic E-state index is 11.1. The Hall–Kier alpha value is -6.86. The van der Waals surface area contributed by atoms with Crippen LogP contribution >= 0.6 is 0 Å². The SMILES string of the molecule is CO.CO.COc1cc2c(O)c(c1)C=NCCN1CCN=Cc3cc(OC)cc(c3O)C=NCCN(CCN=C2)CCN=Cc2cc(OC)cc(c2O)C=NCC1.O.O.O.O=[N+]([O-])O.O=[N+]([O-])O.O=[N+]([O-])O.[Sm]. The normalized spacial score (nSPS) is 14.8. The molecule has 0 fully saturated rings. The van der Waals surface area contributed by atoms with E-state index in [9.17, 15) is 15.3 Å². The molecule has 410 valence electrons. The number of aliphatic imine (C=N–C) groups is 6. The zero-order valence-corrected chi connectivity index (χ0v) is 43.1. The fourth-order valence-corrected chi connectivity index (χ4v) is 5.74. The van der Waals surface area contributed by atoms with E-state index in [4.69, 9.17) is 70.4 Å². The van der Waals surface area contributed by atoms with Gasteiger partial charge in [-0.05, 0) is 36.4 Å². The summed E-state index contributed by atoms with van der Waals surface area (Å²) >= 11 is 0. The Kier molecular flexibility index (Phi) is 46.3. The third kappa shape index (κ3) is 32.7. The summed E-state index contributed by atoms with van der Waals surface area (Å²) in [5, 5.41) is 88.2. The molecule has 0 atom stereocenters. The fraction of sp³-hybridized carbons (Fsp3) is 0.415. The van der Waals surface area contributed by atoms with Gasteiger partial charge < -0.3 is 71.8 Å². The minimum atomic E-state index is -1.50. The number of aliphatic hydroxyl groups is 2. The average Bonchev–Trinajstić information content (AvgIpc) is 3.31. The number of ether oxygens (including phenoxy) is 3. The molecule has 0 spiro atoms. The predicted octanol–water partition coefficient (Wildman–Crippen LogP) is -0.926. The van der Waals surface area contributed by atoms with Gasteiger partial charge in [0, 0.05) is 165 Å². The Labute approximate surface area is 450 Å². The van der Waals surface area contributed by atoms with Crippen LogP contribution in [0.1, 0.15) is 33.4 Å². The number of fused-ring (bicyclic) bond motifs is 12. The number of hydrogen-bond acceptors (Lipinski definition) is 22. The van der Waals surface area contributed by atoms with E-state index in [1.807, 2.05) is 0 Å². The second kappa shape index (κ2) is 45.0. The molecule has 3 aliphatic heterocycles. The monoisotopic (exact) mass is 1180 g/mol. The Morgan fingerprint density at radius 3 is 0.671 bits per heavy atom. The van der Waals surface area contributed by atoms with Crippen molar-refractivity contribution in [2.45, 2.75) is 0 Å². The quantitative estimate of drug-likeness (QED) is 0.116. The molecule has 6 rings (SSSR count). The first kappa shape index (κ1) is 75.1. The number of nitrogens with zero attached hydrogens (tertiary/aromatic N) is 11. The third-order valence-corrected chi connectivity index (χ3v) is 8.79. The minimum Gasteiger partial charge on any atom is -0.507 e. The first-order valence-electron chi connectivity index (χ1n) is 20.1. The van der Waals surface area contributed by atoms with Crippen LogP contribution in [-0.2, 0) is 0 Å². The van der Waals surface area contributed by atoms with Crippen LogP contribution in [0.5, 0.6) is 34.5 Å². The Bertz CT molecular complexity index is 1850. The van der Waals surface area contributed by atoms with E-state index >= 15 is 0 Å². The van der Waals surface area contributed by atoms with E-state index in [1.165, 1.54) is 0 Å². The van der Waals surface area contributed by atoms with Gasteiger partial charge in [0.2, 0.25) is 0 Å². The zero-order valence-electron chi connectivity index (χ0n) is 40.5. The molecule has 3 heterocycles. The van der Waals surface area contributed by atoms with Crippen molar-refractivity contribution in [3.8, 4) is 34.5 Å². The van der Waals surface area contributed by atoms with Gasteiger partial charge in [-0.2, -0.15) is 0 Å². The average molecular weight is 1180 g/mol. The number of methoxy groups -OCH3 is 3. The summed E-state index contributed by atoms with van der Waals surface area (Å²) in [5.74, 6) is 2.00. The second-order valence-corrected chi connectivity index (χ2v) is 13.1. The number of rotatable bonds is 3. The molecular weight excluding hydrogens is 1120 g/mol. The molecule has 0 saturated carbocycles. The molecule has 3 aromatic carbocycles. The Morgan fingerprint density at radius 2 is 0.548 bits per heavy atom. The summed E-state index contributed by atoms with van der Waals surface area (Å²) in [7, 11) is 6.75. The number of benzene rings is 3. The van der Waals surface area contributed by atoms with Gasteiger partial charge in [0.1, 0.15) is 34.5 Å². The largest absolute Gasteiger partial charge is 0.507 e. The molecule has 0 radical (unpaired) electrons. The summed E-state index contributed by atoms with van der Waals surface area (Å²) in [5.41, 5.74) is 3.18. The molecule has 14 N–H and O–H groups in total. The third-order valence-electron chi connectivity index (χ3n) is 8.79. The van der Waals surface area contributed by atoms with Gasteiger partial charge in [0.15, 0.2) is 0 Å². The summed E-state index contributed by atoms with van der Waals surface area (Å²) < 4.78 is 16.5. The maximum atomic E-state index is 11.1. The number of hydrogen-bond donors (Lipinski definition) is 8. The van der Waals surface area contributed by atoms with Crippen LogP contribution < -0.4 is 14.2 Å². The molecule has 8 bridgehead atoms. The van der Waals surface area contributed by atoms with Gasteiger partial charge >= 0.3 is 0 Å². The van der Waals surface area contributed by atoms with Crippen molar-refractivity contribution in [3.63, 3.8) is 0 Å². The molecule has 0 saturated heterocycles. The van der Waals surface area contributed by atoms with E-state index in [-0.39, 0.29) is 74.1 Å². The molecular formula is C41H65N11O20Sm. The summed E-state index contributed by atoms with van der Waals surface area (Å²) in [4.78, 5) is 57.3. The van der Waals surface area contributed by atoms with Gasteiger partial charge in [0.05, 0.1) is 60.6 Å². The summed E-state index contributed by atoms with van der Waals surface area (Å²) in [6, 6.07) is 10.5. The number of phenolic OH excluding ortho intramolecular Hbond substituents is 3. The smallest absolute Gasteiger partial charge is 0.291 e. The van der Waals surface area contributed by atoms with Crippen molar-refractivity contribution < 1.29 is 127 Å². The standard InChI is InChI=1S/C39H48N8O6.2CH4O.3HNO3.3H2O.Sm/c1-51-34-16-28-22-40-4-10-46-12-6-42-24-30-18-35(52-2)19-31(38(30)49)25-43-7-13-47(11-5-41-23-29(17-34)37(28)48)15-9-45-27-33-21-36(53-3)20-32(39(33)50)26-44-8-14-46;2*1-2;3*2-1(3)4;;;;/h16-27,48-50H,4-15H2,1-3H3;2*2H,1H3;3*(H,2,3,4);3*1H2;. The molecule has 0 unspecified atom stereocenters. The van der Waals surface area contributed by atoms with Crippen LogP contribution in [0.15, 0.2) is 66.4 Å². The fourth-order valence-electron chi connectivity index (χ4n) is 5.74. The van der Waals surface area contributed by atoms with Crippen LogP contribution in [-0.4, -0.2) is 234 Å². The first-order chi connectivity index (χ1) is 33.1. The molecule has 73 heavy (non-hydrogen) atoms. The molecule has 3 aromatic rings. The summed E-state index contributed by atoms with van der Waals surface area (Å²) in [6.45, 7) is 6.22. The van der Waals surface area contributed by atoms with Crippen molar-refractivity contribution in [2.75, 3.05) is 114 Å². The molecule has 0 amide bonds. The van der Waals surface area contributed by atoms with E-state index in [2.05, 4.69) is 39.8 Å². The van der Waals surface area contributed by atoms with Crippen LogP contribution in [0.3, 0.4) is 0 Å². The van der Waals surface area contributed by atoms with E-state index in [0.717, 1.165) is 14.2 Å². The first-order valence-corrected chi connectivity index (χ1v) is 20.1. The van der Waals surface area contributed by atoms with Crippen LogP contribution in [0, 0.1) is 70.7 Å². The van der Waals surface area contributed by atoms with E-state index in [1.54, 1.807) is 95.0 Å². The van der Waals surface area contributed by atoms with Gasteiger partial charge in [-0.1, -0.05) is 0 Å². The number of aromatic hydroxyl groups is 3. The topological polar surface area (TPSA) is 494 Å². The van der Waals surface area contributed by atoms with E-state index in [0.29, 0.717) is 129 Å². The predicted molar refractivity (Wildman–Crippen MR) is 265 cm³/mol. The Balaban J connectivity index is -0.000000682. The van der Waals surface area contributed by atoms with Crippen molar-refractivity contribution in [1.82, 2.24) is 9.80 Å². The van der Waals surface area contributed by atoms with Crippen molar-refractivity contribution >= 4 is 37.3 Å². The van der Waals surface area contributed by atoms with Crippen LogP contribution in [0.25, 0.3) is 0 Å². The van der Waals surface area contributed by atoms with Gasteiger partial charge in [-0.25, -0.2) is 0 Å². The Morgan fingerprint density at radius 1 is 0.411 bits per heavy atom. The second-order valence-electron chi connectivity index (χ2n) is 13.1. The van der Waals surface area contributed by atoms with E-state index < -0.39 is 15.3 Å². The zero-order chi connectivity index (χ0) is 52.1. The van der Waals surface area contributed by atoms with Gasteiger partial charge in [0.25, 0.3) is 15.3 Å². The van der Waals surface area contributed by atoms with Crippen molar-refractivity contribution in [2.24, 2.45) is 30.0 Å². The van der Waals surface area contributed by atoms with Crippen molar-refractivity contribution in [3.05, 3.63) is 100 Å². The van der Waals surface area contributed by atoms with Crippen molar-refractivity contribution in [1.29, 1.82) is 0 Å². The maximum Gasteiger partial charge on any atom is 0.291 e. The molecule has 0 aromatic heterocycles. The number of aliphatic hydroxyl groups excluding tert-OH is 2. The molecule has 32 heteroatoms.